The summed E-state index contributed by atoms with van der Waals surface area (Å²) in [5.74, 6) is 0. The highest BCUT2D eigenvalue weighted by Crippen LogP contribution is 2.46. The Balaban J connectivity index is 1.99. The Labute approximate surface area is 110 Å². The van der Waals surface area contributed by atoms with Gasteiger partial charge in [0.25, 0.3) is 0 Å². The van der Waals surface area contributed by atoms with Gasteiger partial charge in [-0.05, 0) is 31.0 Å². The predicted molar refractivity (Wildman–Crippen MR) is 68.4 cm³/mol. The van der Waals surface area contributed by atoms with Crippen LogP contribution in [0.5, 0.6) is 0 Å². The first-order valence-electron chi connectivity index (χ1n) is 5.97. The molecule has 2 heterocycles. The van der Waals surface area contributed by atoms with Crippen LogP contribution in [0.2, 0.25) is 10.0 Å². The third-order valence-corrected chi connectivity index (χ3v) is 4.45. The van der Waals surface area contributed by atoms with Gasteiger partial charge in [-0.3, -0.25) is 0 Å². The molecule has 2 saturated heterocycles. The molecule has 0 amide bonds. The van der Waals surface area contributed by atoms with Crippen molar-refractivity contribution in [2.75, 3.05) is 0 Å². The zero-order valence-corrected chi connectivity index (χ0v) is 10.9. The maximum Gasteiger partial charge on any atom is 0.140 e. The summed E-state index contributed by atoms with van der Waals surface area (Å²) in [6, 6.07) is 5.63. The van der Waals surface area contributed by atoms with Crippen LogP contribution < -0.4 is 5.32 Å². The molecule has 2 bridgehead atoms. The third-order valence-electron chi connectivity index (χ3n) is 3.89. The zero-order valence-electron chi connectivity index (χ0n) is 9.35. The van der Waals surface area contributed by atoms with E-state index in [-0.39, 0.29) is 12.1 Å². The molecule has 2 aliphatic rings. The molecule has 2 fully saturated rings. The molecule has 0 saturated carbocycles. The van der Waals surface area contributed by atoms with Gasteiger partial charge in [-0.2, -0.15) is 0 Å². The van der Waals surface area contributed by atoms with Gasteiger partial charge in [0.2, 0.25) is 0 Å². The average Bonchev–Trinajstić information content (AvgIpc) is 2.62. The van der Waals surface area contributed by atoms with Crippen molar-refractivity contribution in [1.82, 2.24) is 5.32 Å². The largest absolute Gasteiger partial charge is 0.311 e. The van der Waals surface area contributed by atoms with E-state index in [2.05, 4.69) is 5.32 Å². The summed E-state index contributed by atoms with van der Waals surface area (Å²) >= 11 is 12.1. The van der Waals surface area contributed by atoms with Gasteiger partial charge in [-0.1, -0.05) is 23.2 Å². The molecule has 0 aromatic heterocycles. The lowest BCUT2D eigenvalue weighted by molar-refractivity contribution is 0.0875. The van der Waals surface area contributed by atoms with Crippen molar-refractivity contribution in [3.63, 3.8) is 0 Å². The molecule has 2 atom stereocenters. The highest BCUT2D eigenvalue weighted by Gasteiger charge is 2.46. The van der Waals surface area contributed by atoms with E-state index >= 15 is 4.39 Å². The molecule has 0 radical (unpaired) electrons. The molecule has 4 heteroatoms. The van der Waals surface area contributed by atoms with Crippen molar-refractivity contribution >= 4 is 23.2 Å². The van der Waals surface area contributed by atoms with E-state index in [9.17, 15) is 0 Å². The molecule has 1 aromatic carbocycles. The second-order valence-electron chi connectivity index (χ2n) is 5.14. The number of benzene rings is 1. The minimum absolute atomic E-state index is 0.286. The third kappa shape index (κ3) is 2.07. The molecule has 92 valence electrons. The standard InChI is InChI=1S/C13H14Cl2FN/c14-8-1-4-12(15)11(5-8)13(16)6-9-2-3-10(7-13)17-9/h1,4-5,9-10,17H,2-3,6-7H2. The number of alkyl halides is 1. The van der Waals surface area contributed by atoms with Crippen molar-refractivity contribution in [2.45, 2.75) is 43.4 Å². The Morgan fingerprint density at radius 3 is 2.47 bits per heavy atom. The predicted octanol–water partition coefficient (Wildman–Crippen LogP) is 4.07. The first kappa shape index (κ1) is 11.8. The lowest BCUT2D eigenvalue weighted by Crippen LogP contribution is -2.44. The Morgan fingerprint density at radius 2 is 1.82 bits per heavy atom. The lowest BCUT2D eigenvalue weighted by Gasteiger charge is -2.35. The van der Waals surface area contributed by atoms with Crippen LogP contribution >= 0.6 is 23.2 Å². The average molecular weight is 274 g/mol. The normalized spacial score (nSPS) is 36.2. The van der Waals surface area contributed by atoms with E-state index in [1.807, 2.05) is 0 Å². The monoisotopic (exact) mass is 273 g/mol. The molecule has 1 nitrogen and oxygen atoms in total. The van der Waals surface area contributed by atoms with Crippen molar-refractivity contribution in [1.29, 1.82) is 0 Å². The van der Waals surface area contributed by atoms with Gasteiger partial charge < -0.3 is 5.32 Å². The maximum atomic E-state index is 15.1. The Morgan fingerprint density at radius 1 is 1.18 bits per heavy atom. The van der Waals surface area contributed by atoms with Gasteiger partial charge in [-0.25, -0.2) is 4.39 Å². The van der Waals surface area contributed by atoms with Crippen molar-refractivity contribution < 1.29 is 4.39 Å². The first-order chi connectivity index (χ1) is 8.07. The Hall–Kier alpha value is -0.310. The molecule has 0 spiro atoms. The van der Waals surface area contributed by atoms with Gasteiger partial charge in [-0.15, -0.1) is 0 Å². The van der Waals surface area contributed by atoms with Crippen molar-refractivity contribution in [2.24, 2.45) is 0 Å². The fourth-order valence-electron chi connectivity index (χ4n) is 3.15. The van der Waals surface area contributed by atoms with E-state index in [1.54, 1.807) is 18.2 Å². The van der Waals surface area contributed by atoms with Crippen LogP contribution in [0.4, 0.5) is 4.39 Å². The Bertz CT molecular complexity index is 437. The number of halogens is 3. The van der Waals surface area contributed by atoms with Crippen LogP contribution in [0.25, 0.3) is 0 Å². The van der Waals surface area contributed by atoms with Gasteiger partial charge in [0.05, 0.1) is 0 Å². The van der Waals surface area contributed by atoms with Crippen LogP contribution in [0, 0.1) is 0 Å². The summed E-state index contributed by atoms with van der Waals surface area (Å²) in [6.07, 6.45) is 3.14. The summed E-state index contributed by atoms with van der Waals surface area (Å²) < 4.78 is 15.1. The Kier molecular flexibility index (Phi) is 2.85. The summed E-state index contributed by atoms with van der Waals surface area (Å²) in [4.78, 5) is 0. The zero-order chi connectivity index (χ0) is 12.0. The van der Waals surface area contributed by atoms with Crippen molar-refractivity contribution in [3.05, 3.63) is 33.8 Å². The second kappa shape index (κ2) is 4.11. The fourth-order valence-corrected chi connectivity index (χ4v) is 3.61. The van der Waals surface area contributed by atoms with Crippen LogP contribution in [0.15, 0.2) is 18.2 Å². The van der Waals surface area contributed by atoms with Crippen LogP contribution in [-0.2, 0) is 5.67 Å². The number of rotatable bonds is 1. The number of nitrogens with one attached hydrogen (secondary N) is 1. The molecule has 0 aliphatic carbocycles. The first-order valence-corrected chi connectivity index (χ1v) is 6.73. The van der Waals surface area contributed by atoms with E-state index in [0.29, 0.717) is 28.5 Å². The summed E-state index contributed by atoms with van der Waals surface area (Å²) in [6.45, 7) is 0. The van der Waals surface area contributed by atoms with Gasteiger partial charge in [0, 0.05) is 40.5 Å². The summed E-state index contributed by atoms with van der Waals surface area (Å²) in [5, 5.41) is 4.47. The molecule has 2 aliphatic heterocycles. The SMILES string of the molecule is FC1(c2cc(Cl)ccc2Cl)CC2CCC(C1)N2. The van der Waals surface area contributed by atoms with E-state index in [4.69, 9.17) is 23.2 Å². The quantitative estimate of drug-likeness (QED) is 0.813. The fraction of sp³-hybridized carbons (Fsp3) is 0.538. The van der Waals surface area contributed by atoms with E-state index in [1.165, 1.54) is 0 Å². The van der Waals surface area contributed by atoms with E-state index < -0.39 is 5.67 Å². The number of hydrogen-bond acceptors (Lipinski definition) is 1. The molecule has 1 aromatic rings. The van der Waals surface area contributed by atoms with Crippen LogP contribution in [0.1, 0.15) is 31.2 Å². The molecule has 17 heavy (non-hydrogen) atoms. The molecule has 1 N–H and O–H groups in total. The highest BCUT2D eigenvalue weighted by molar-refractivity contribution is 6.33. The smallest absolute Gasteiger partial charge is 0.140 e. The molecular weight excluding hydrogens is 260 g/mol. The lowest BCUT2D eigenvalue weighted by atomic mass is 9.83. The maximum absolute atomic E-state index is 15.1. The van der Waals surface area contributed by atoms with Crippen molar-refractivity contribution in [3.8, 4) is 0 Å². The van der Waals surface area contributed by atoms with E-state index in [0.717, 1.165) is 12.8 Å². The summed E-state index contributed by atoms with van der Waals surface area (Å²) in [5.41, 5.74) is -0.760. The minimum atomic E-state index is -1.32. The topological polar surface area (TPSA) is 12.0 Å². The highest BCUT2D eigenvalue weighted by atomic mass is 35.5. The number of hydrogen-bond donors (Lipinski definition) is 1. The second-order valence-corrected chi connectivity index (χ2v) is 5.98. The number of piperidine rings is 1. The van der Waals surface area contributed by atoms with Gasteiger partial charge in [0.15, 0.2) is 0 Å². The molecular formula is C13H14Cl2FN. The number of fused-ring (bicyclic) bond motifs is 2. The van der Waals surface area contributed by atoms with Crippen LogP contribution in [-0.4, -0.2) is 12.1 Å². The van der Waals surface area contributed by atoms with Gasteiger partial charge >= 0.3 is 0 Å². The summed E-state index contributed by atoms with van der Waals surface area (Å²) in [7, 11) is 0. The minimum Gasteiger partial charge on any atom is -0.311 e. The van der Waals surface area contributed by atoms with Crippen LogP contribution in [0.3, 0.4) is 0 Å². The van der Waals surface area contributed by atoms with Gasteiger partial charge in [0.1, 0.15) is 5.67 Å². The molecule has 2 unspecified atom stereocenters. The molecule has 3 rings (SSSR count).